The van der Waals surface area contributed by atoms with Crippen molar-refractivity contribution in [3.8, 4) is 0 Å². The van der Waals surface area contributed by atoms with Crippen LogP contribution in [-0.4, -0.2) is 33.1 Å². The predicted molar refractivity (Wildman–Crippen MR) is 143 cm³/mol. The number of aromatic nitrogens is 3. The van der Waals surface area contributed by atoms with Gasteiger partial charge in [-0.2, -0.15) is 0 Å². The molecule has 0 saturated carbocycles. The van der Waals surface area contributed by atoms with Crippen LogP contribution in [0.1, 0.15) is 56.8 Å². The van der Waals surface area contributed by atoms with Crippen LogP contribution in [-0.2, 0) is 24.8 Å². The highest BCUT2D eigenvalue weighted by Gasteiger charge is 2.21. The fourth-order valence-corrected chi connectivity index (χ4v) is 4.31. The van der Waals surface area contributed by atoms with Crippen LogP contribution < -0.4 is 5.56 Å². The van der Waals surface area contributed by atoms with E-state index in [1.54, 1.807) is 24.9 Å². The van der Waals surface area contributed by atoms with Crippen LogP contribution in [0.25, 0.3) is 11.6 Å². The van der Waals surface area contributed by atoms with E-state index in [0.29, 0.717) is 11.6 Å². The first-order chi connectivity index (χ1) is 16.8. The van der Waals surface area contributed by atoms with Crippen LogP contribution in [0.4, 0.5) is 0 Å². The van der Waals surface area contributed by atoms with Gasteiger partial charge in [0.2, 0.25) is 0 Å². The molecule has 0 saturated heterocycles. The highest BCUT2D eigenvalue weighted by Crippen LogP contribution is 2.30. The molecule has 2 aromatic rings. The lowest BCUT2D eigenvalue weighted by atomic mass is 9.96. The molecule has 3 heterocycles. The largest absolute Gasteiger partial charge is 0.497 e. The molecule has 0 aliphatic carbocycles. The summed E-state index contributed by atoms with van der Waals surface area (Å²) < 4.78 is 6.95. The van der Waals surface area contributed by atoms with Gasteiger partial charge in [-0.15, -0.1) is 0 Å². The van der Waals surface area contributed by atoms with Crippen molar-refractivity contribution in [3.05, 3.63) is 105 Å². The van der Waals surface area contributed by atoms with E-state index >= 15 is 0 Å². The number of pyridine rings is 1. The molecule has 0 atom stereocenters. The average molecular weight is 473 g/mol. The number of hydrogen-bond acceptors (Lipinski definition) is 5. The highest BCUT2D eigenvalue weighted by molar-refractivity contribution is 5.78. The van der Waals surface area contributed by atoms with Crippen LogP contribution in [0.3, 0.4) is 0 Å². The maximum absolute atomic E-state index is 12.0. The summed E-state index contributed by atoms with van der Waals surface area (Å²) in [6, 6.07) is 3.71. The van der Waals surface area contributed by atoms with Gasteiger partial charge in [0.15, 0.2) is 0 Å². The third-order valence-electron chi connectivity index (χ3n) is 6.34. The second kappa shape index (κ2) is 11.6. The summed E-state index contributed by atoms with van der Waals surface area (Å²) >= 11 is 0. The van der Waals surface area contributed by atoms with E-state index in [4.69, 9.17) is 9.72 Å². The molecule has 0 aromatic carbocycles. The summed E-state index contributed by atoms with van der Waals surface area (Å²) in [5.74, 6) is 1.30. The lowest BCUT2D eigenvalue weighted by Crippen LogP contribution is -2.31. The molecule has 3 rings (SSSR count). The van der Waals surface area contributed by atoms with Crippen molar-refractivity contribution in [1.29, 1.82) is 0 Å². The van der Waals surface area contributed by atoms with Crippen LogP contribution in [0.2, 0.25) is 0 Å². The monoisotopic (exact) mass is 472 g/mol. The van der Waals surface area contributed by atoms with Gasteiger partial charge in [0, 0.05) is 62.0 Å². The van der Waals surface area contributed by atoms with Crippen LogP contribution in [0.15, 0.2) is 76.7 Å². The van der Waals surface area contributed by atoms with E-state index in [9.17, 15) is 4.79 Å². The standard InChI is InChI=1S/C29H36N4O2/c1-8-10-25(21(4)22(5)35-7)23-17-24-19-33(15-13-26(24)31-18-23)27(11-9-2)20(3)16-28-30-14-12-29(34)32(28)6/h8,10-12,14,16-18H,5,9,13,15,19H2,1-4,6-7H3/b10-8-,20-16-,25-21+,27-11-. The first-order valence-electron chi connectivity index (χ1n) is 12.0. The SMILES string of the molecule is C=C(OC)/C(C)=C(\C=C/C)c1cnc2c(c1)CN(C(=C\CC)/C(C)=C\c1nccc(=O)n1C)CC2. The van der Waals surface area contributed by atoms with Crippen LogP contribution in [0.5, 0.6) is 0 Å². The molecule has 0 amide bonds. The molecule has 0 N–H and O–H groups in total. The Morgan fingerprint density at radius 2 is 2.06 bits per heavy atom. The van der Waals surface area contributed by atoms with Gasteiger partial charge in [0.25, 0.3) is 5.56 Å². The van der Waals surface area contributed by atoms with Gasteiger partial charge in [-0.1, -0.05) is 31.7 Å². The van der Waals surface area contributed by atoms with Gasteiger partial charge in [0.05, 0.1) is 7.11 Å². The normalized spacial score (nSPS) is 15.2. The molecule has 6 heteroatoms. The number of allylic oxidation sites excluding steroid dienone is 6. The molecule has 0 unspecified atom stereocenters. The number of methoxy groups -OCH3 is 1. The molecule has 184 valence electrons. The molecular formula is C29H36N4O2. The van der Waals surface area contributed by atoms with E-state index in [1.165, 1.54) is 11.6 Å². The minimum atomic E-state index is -0.0676. The number of ether oxygens (including phenoxy) is 1. The van der Waals surface area contributed by atoms with Gasteiger partial charge in [-0.25, -0.2) is 4.98 Å². The molecular weight excluding hydrogens is 436 g/mol. The number of fused-ring (bicyclic) bond motifs is 1. The third kappa shape index (κ3) is 5.88. The van der Waals surface area contributed by atoms with E-state index < -0.39 is 0 Å². The molecule has 1 aliphatic heterocycles. The summed E-state index contributed by atoms with van der Waals surface area (Å²) in [5, 5.41) is 0. The molecule has 0 spiro atoms. The zero-order valence-electron chi connectivity index (χ0n) is 21.8. The summed E-state index contributed by atoms with van der Waals surface area (Å²) in [6.45, 7) is 13.9. The second-order valence-electron chi connectivity index (χ2n) is 8.69. The minimum absolute atomic E-state index is 0.0676. The van der Waals surface area contributed by atoms with Crippen molar-refractivity contribution in [2.45, 2.75) is 47.1 Å². The predicted octanol–water partition coefficient (Wildman–Crippen LogP) is 5.44. The highest BCUT2D eigenvalue weighted by atomic mass is 16.5. The summed E-state index contributed by atoms with van der Waals surface area (Å²) in [5.41, 5.74) is 7.63. The van der Waals surface area contributed by atoms with E-state index in [0.717, 1.165) is 59.6 Å². The Hall–Kier alpha value is -3.67. The van der Waals surface area contributed by atoms with Crippen molar-refractivity contribution in [2.24, 2.45) is 7.05 Å². The lowest BCUT2D eigenvalue weighted by Gasteiger charge is -2.33. The van der Waals surface area contributed by atoms with Crippen molar-refractivity contribution < 1.29 is 4.74 Å². The van der Waals surface area contributed by atoms with Gasteiger partial charge >= 0.3 is 0 Å². The topological polar surface area (TPSA) is 60.2 Å². The van der Waals surface area contributed by atoms with Gasteiger partial charge in [0.1, 0.15) is 11.6 Å². The zero-order valence-corrected chi connectivity index (χ0v) is 21.8. The Bertz CT molecular complexity index is 1280. The maximum atomic E-state index is 12.0. The third-order valence-corrected chi connectivity index (χ3v) is 6.34. The van der Waals surface area contributed by atoms with Crippen molar-refractivity contribution in [2.75, 3.05) is 13.7 Å². The van der Waals surface area contributed by atoms with E-state index in [-0.39, 0.29) is 5.56 Å². The summed E-state index contributed by atoms with van der Waals surface area (Å²) in [6.07, 6.45) is 13.6. The molecule has 0 fully saturated rings. The quantitative estimate of drug-likeness (QED) is 0.378. The Balaban J connectivity index is 1.98. The van der Waals surface area contributed by atoms with E-state index in [2.05, 4.69) is 48.5 Å². The van der Waals surface area contributed by atoms with Gasteiger partial charge in [-0.05, 0) is 61.6 Å². The first kappa shape index (κ1) is 25.9. The van der Waals surface area contributed by atoms with Gasteiger partial charge < -0.3 is 9.64 Å². The molecule has 1 aliphatic rings. The van der Waals surface area contributed by atoms with Crippen molar-refractivity contribution in [3.63, 3.8) is 0 Å². The van der Waals surface area contributed by atoms with Crippen LogP contribution in [0, 0.1) is 0 Å². The van der Waals surface area contributed by atoms with Crippen molar-refractivity contribution >= 4 is 11.6 Å². The first-order valence-corrected chi connectivity index (χ1v) is 12.0. The second-order valence-corrected chi connectivity index (χ2v) is 8.69. The number of hydrogen-bond donors (Lipinski definition) is 0. The minimum Gasteiger partial charge on any atom is -0.497 e. The molecule has 0 radical (unpaired) electrons. The van der Waals surface area contributed by atoms with Crippen LogP contribution >= 0.6 is 0 Å². The Kier molecular flexibility index (Phi) is 8.63. The smallest absolute Gasteiger partial charge is 0.253 e. The Morgan fingerprint density at radius 1 is 1.29 bits per heavy atom. The molecule has 2 aromatic heterocycles. The number of rotatable bonds is 8. The fraction of sp³-hybridized carbons (Fsp3) is 0.345. The molecule has 6 nitrogen and oxygen atoms in total. The lowest BCUT2D eigenvalue weighted by molar-refractivity contribution is 0.303. The Morgan fingerprint density at radius 3 is 2.74 bits per heavy atom. The molecule has 0 bridgehead atoms. The van der Waals surface area contributed by atoms with E-state index in [1.807, 2.05) is 32.2 Å². The number of nitrogens with zero attached hydrogens (tertiary/aromatic N) is 4. The Labute approximate surface area is 208 Å². The average Bonchev–Trinajstić information content (AvgIpc) is 2.86. The zero-order chi connectivity index (χ0) is 25.5. The fourth-order valence-electron chi connectivity index (χ4n) is 4.31. The van der Waals surface area contributed by atoms with Gasteiger partial charge in [-0.3, -0.25) is 14.3 Å². The molecule has 35 heavy (non-hydrogen) atoms. The summed E-state index contributed by atoms with van der Waals surface area (Å²) in [4.78, 5) is 23.6. The maximum Gasteiger partial charge on any atom is 0.253 e. The summed E-state index contributed by atoms with van der Waals surface area (Å²) in [7, 11) is 3.39. The van der Waals surface area contributed by atoms with Crippen molar-refractivity contribution in [1.82, 2.24) is 19.4 Å².